The van der Waals surface area contributed by atoms with Crippen molar-refractivity contribution in [3.05, 3.63) is 66.2 Å². The molecule has 4 rings (SSSR count). The van der Waals surface area contributed by atoms with Gasteiger partial charge in [-0.05, 0) is 30.5 Å². The molecule has 0 aliphatic carbocycles. The Morgan fingerprint density at radius 1 is 0.867 bits per heavy atom. The number of amides is 1. The van der Waals surface area contributed by atoms with E-state index in [1.54, 1.807) is 30.3 Å². The summed E-state index contributed by atoms with van der Waals surface area (Å²) in [5, 5.41) is 0. The summed E-state index contributed by atoms with van der Waals surface area (Å²) in [6.45, 7) is 4.75. The van der Waals surface area contributed by atoms with E-state index < -0.39 is 10.0 Å². The zero-order valence-corrected chi connectivity index (χ0v) is 18.0. The molecule has 2 aromatic rings. The van der Waals surface area contributed by atoms with Crippen LogP contribution in [-0.2, 0) is 21.4 Å². The van der Waals surface area contributed by atoms with Gasteiger partial charge in [0.2, 0.25) is 15.9 Å². The fourth-order valence-corrected chi connectivity index (χ4v) is 5.87. The van der Waals surface area contributed by atoms with Gasteiger partial charge in [-0.3, -0.25) is 9.69 Å². The first-order chi connectivity index (χ1) is 14.5. The van der Waals surface area contributed by atoms with Crippen LogP contribution in [-0.4, -0.2) is 67.7 Å². The lowest BCUT2D eigenvalue weighted by Gasteiger charge is -2.38. The summed E-state index contributed by atoms with van der Waals surface area (Å²) in [4.78, 5) is 17.7. The van der Waals surface area contributed by atoms with E-state index in [2.05, 4.69) is 17.0 Å². The zero-order chi connectivity index (χ0) is 21.0. The lowest BCUT2D eigenvalue weighted by atomic mass is 9.97. The van der Waals surface area contributed by atoms with Crippen molar-refractivity contribution < 1.29 is 13.2 Å². The summed E-state index contributed by atoms with van der Waals surface area (Å²) < 4.78 is 27.4. The Balaban J connectivity index is 1.34. The number of nitrogens with zero attached hydrogens (tertiary/aromatic N) is 3. The van der Waals surface area contributed by atoms with Crippen molar-refractivity contribution in [3.8, 4) is 0 Å². The van der Waals surface area contributed by atoms with Crippen LogP contribution in [0.2, 0.25) is 0 Å². The second-order valence-corrected chi connectivity index (χ2v) is 10.0. The molecule has 0 radical (unpaired) electrons. The molecule has 2 aliphatic rings. The third-order valence-corrected chi connectivity index (χ3v) is 7.93. The van der Waals surface area contributed by atoms with Crippen LogP contribution in [0.4, 0.5) is 0 Å². The van der Waals surface area contributed by atoms with E-state index >= 15 is 0 Å². The first-order valence-corrected chi connectivity index (χ1v) is 12.1. The van der Waals surface area contributed by atoms with Gasteiger partial charge < -0.3 is 4.90 Å². The predicted octanol–water partition coefficient (Wildman–Crippen LogP) is 2.43. The smallest absolute Gasteiger partial charge is 0.243 e. The number of carbonyl (C=O) groups excluding carboxylic acids is 1. The van der Waals surface area contributed by atoms with Gasteiger partial charge in [-0.1, -0.05) is 48.5 Å². The minimum atomic E-state index is -3.55. The van der Waals surface area contributed by atoms with Gasteiger partial charge in [-0.15, -0.1) is 0 Å². The van der Waals surface area contributed by atoms with Crippen LogP contribution in [0, 0.1) is 5.92 Å². The molecule has 1 amide bonds. The van der Waals surface area contributed by atoms with Gasteiger partial charge in [-0.2, -0.15) is 4.31 Å². The van der Waals surface area contributed by atoms with E-state index in [-0.39, 0.29) is 18.4 Å². The maximum Gasteiger partial charge on any atom is 0.243 e. The quantitative estimate of drug-likeness (QED) is 0.735. The number of hydrogen-bond donors (Lipinski definition) is 0. The fraction of sp³-hybridized carbons (Fsp3) is 0.435. The van der Waals surface area contributed by atoms with E-state index in [0.29, 0.717) is 24.5 Å². The summed E-state index contributed by atoms with van der Waals surface area (Å²) in [6.07, 6.45) is 1.47. The van der Waals surface area contributed by atoms with Gasteiger partial charge >= 0.3 is 0 Å². The molecule has 2 saturated heterocycles. The average molecular weight is 428 g/mol. The molecule has 2 aliphatic heterocycles. The molecular formula is C23H29N3O3S. The van der Waals surface area contributed by atoms with E-state index in [9.17, 15) is 13.2 Å². The van der Waals surface area contributed by atoms with Gasteiger partial charge in [0.25, 0.3) is 0 Å². The Hall–Kier alpha value is -2.22. The number of sulfonamides is 1. The molecule has 160 valence electrons. The van der Waals surface area contributed by atoms with Gasteiger partial charge in [0.05, 0.1) is 10.8 Å². The van der Waals surface area contributed by atoms with E-state index in [1.807, 2.05) is 23.1 Å². The molecule has 0 N–H and O–H groups in total. The van der Waals surface area contributed by atoms with Crippen LogP contribution in [0.5, 0.6) is 0 Å². The maximum atomic E-state index is 13.1. The van der Waals surface area contributed by atoms with Crippen LogP contribution in [0.3, 0.4) is 0 Å². The van der Waals surface area contributed by atoms with Crippen molar-refractivity contribution in [2.45, 2.75) is 24.3 Å². The van der Waals surface area contributed by atoms with Gasteiger partial charge in [0, 0.05) is 45.8 Å². The highest BCUT2D eigenvalue weighted by atomic mass is 32.2. The molecule has 30 heavy (non-hydrogen) atoms. The van der Waals surface area contributed by atoms with Crippen LogP contribution in [0.1, 0.15) is 18.4 Å². The molecule has 0 spiro atoms. The molecule has 2 aromatic carbocycles. The van der Waals surface area contributed by atoms with Gasteiger partial charge in [-0.25, -0.2) is 8.42 Å². The maximum absolute atomic E-state index is 13.1. The van der Waals surface area contributed by atoms with Crippen molar-refractivity contribution in [1.82, 2.24) is 14.1 Å². The zero-order valence-electron chi connectivity index (χ0n) is 17.2. The molecule has 0 bridgehead atoms. The van der Waals surface area contributed by atoms with Crippen LogP contribution < -0.4 is 0 Å². The summed E-state index contributed by atoms with van der Waals surface area (Å²) in [5.41, 5.74) is 1.28. The minimum Gasteiger partial charge on any atom is -0.340 e. The normalized spacial score (nSPS) is 21.5. The SMILES string of the molecule is O=C(C1CCCN(S(=O)(=O)c2ccccc2)C1)N1CCN(Cc2ccccc2)CC1. The van der Waals surface area contributed by atoms with Crippen molar-refractivity contribution >= 4 is 15.9 Å². The summed E-state index contributed by atoms with van der Waals surface area (Å²) in [7, 11) is -3.55. The largest absolute Gasteiger partial charge is 0.340 e. The van der Waals surface area contributed by atoms with Gasteiger partial charge in [0.15, 0.2) is 0 Å². The average Bonchev–Trinajstić information content (AvgIpc) is 2.80. The Kier molecular flexibility index (Phi) is 6.51. The Morgan fingerprint density at radius 3 is 2.17 bits per heavy atom. The third-order valence-electron chi connectivity index (χ3n) is 6.05. The molecule has 0 saturated carbocycles. The van der Waals surface area contributed by atoms with Crippen molar-refractivity contribution in [2.75, 3.05) is 39.3 Å². The number of hydrogen-bond acceptors (Lipinski definition) is 4. The number of piperazine rings is 1. The molecule has 0 aromatic heterocycles. The minimum absolute atomic E-state index is 0.0994. The Morgan fingerprint density at radius 2 is 1.50 bits per heavy atom. The van der Waals surface area contributed by atoms with Crippen molar-refractivity contribution in [1.29, 1.82) is 0 Å². The number of piperidine rings is 1. The lowest BCUT2D eigenvalue weighted by Crippen LogP contribution is -2.52. The van der Waals surface area contributed by atoms with Crippen LogP contribution in [0.25, 0.3) is 0 Å². The first kappa shape index (κ1) is 21.0. The Bertz CT molecular complexity index is 942. The fourth-order valence-electron chi connectivity index (χ4n) is 4.33. The molecule has 1 atom stereocenters. The molecule has 6 nitrogen and oxygen atoms in total. The first-order valence-electron chi connectivity index (χ1n) is 10.6. The van der Waals surface area contributed by atoms with Crippen LogP contribution in [0.15, 0.2) is 65.6 Å². The summed E-state index contributed by atoms with van der Waals surface area (Å²) in [6, 6.07) is 18.9. The highest BCUT2D eigenvalue weighted by molar-refractivity contribution is 7.89. The molecule has 7 heteroatoms. The molecule has 2 heterocycles. The second-order valence-electron chi connectivity index (χ2n) is 8.10. The standard InChI is InChI=1S/C23H29N3O3S/c27-23(25-16-14-24(15-17-25)18-20-8-3-1-4-9-20)21-10-7-13-26(19-21)30(28,29)22-11-5-2-6-12-22/h1-6,8-9,11-12,21H,7,10,13-19H2. The van der Waals surface area contributed by atoms with Crippen LogP contribution >= 0.6 is 0 Å². The number of benzene rings is 2. The molecule has 2 fully saturated rings. The van der Waals surface area contributed by atoms with E-state index in [0.717, 1.165) is 32.5 Å². The molecular weight excluding hydrogens is 398 g/mol. The Labute approximate surface area is 179 Å². The topological polar surface area (TPSA) is 60.9 Å². The molecule has 1 unspecified atom stereocenters. The monoisotopic (exact) mass is 427 g/mol. The van der Waals surface area contributed by atoms with Crippen molar-refractivity contribution in [2.24, 2.45) is 5.92 Å². The van der Waals surface area contributed by atoms with E-state index in [4.69, 9.17) is 0 Å². The van der Waals surface area contributed by atoms with Crippen molar-refractivity contribution in [3.63, 3.8) is 0 Å². The second kappa shape index (κ2) is 9.29. The third kappa shape index (κ3) is 4.74. The number of carbonyl (C=O) groups is 1. The highest BCUT2D eigenvalue weighted by Gasteiger charge is 2.35. The summed E-state index contributed by atoms with van der Waals surface area (Å²) in [5.74, 6) is -0.153. The van der Waals surface area contributed by atoms with Gasteiger partial charge in [0.1, 0.15) is 0 Å². The summed E-state index contributed by atoms with van der Waals surface area (Å²) >= 11 is 0. The lowest BCUT2D eigenvalue weighted by molar-refractivity contribution is -0.138. The predicted molar refractivity (Wildman–Crippen MR) is 116 cm³/mol. The highest BCUT2D eigenvalue weighted by Crippen LogP contribution is 2.25. The number of rotatable bonds is 5. The van der Waals surface area contributed by atoms with E-state index in [1.165, 1.54) is 9.87 Å².